The second-order valence-electron chi connectivity index (χ2n) is 3.42. The minimum atomic E-state index is -0.320. The van der Waals surface area contributed by atoms with Gasteiger partial charge < -0.3 is 9.73 Å². The maximum Gasteiger partial charge on any atom is 0.124 e. The average molecular weight is 240 g/mol. The molecule has 0 bridgehead atoms. The SMILES string of the molecule is Fc1ccc(CNCc2ccco2)c(Cl)c1. The molecule has 0 fully saturated rings. The highest BCUT2D eigenvalue weighted by molar-refractivity contribution is 6.31. The molecule has 0 atom stereocenters. The van der Waals surface area contributed by atoms with Crippen LogP contribution in [0, 0.1) is 5.82 Å². The molecule has 1 heterocycles. The molecule has 0 radical (unpaired) electrons. The molecule has 0 amide bonds. The summed E-state index contributed by atoms with van der Waals surface area (Å²) in [6, 6.07) is 8.11. The van der Waals surface area contributed by atoms with Crippen molar-refractivity contribution in [3.63, 3.8) is 0 Å². The zero-order chi connectivity index (χ0) is 11.4. The van der Waals surface area contributed by atoms with Crippen LogP contribution in [0.1, 0.15) is 11.3 Å². The van der Waals surface area contributed by atoms with Crippen LogP contribution in [0.3, 0.4) is 0 Å². The lowest BCUT2D eigenvalue weighted by atomic mass is 10.2. The first kappa shape index (κ1) is 11.2. The third-order valence-electron chi connectivity index (χ3n) is 2.21. The summed E-state index contributed by atoms with van der Waals surface area (Å²) in [5.74, 6) is 0.540. The van der Waals surface area contributed by atoms with E-state index in [2.05, 4.69) is 5.32 Å². The highest BCUT2D eigenvalue weighted by Gasteiger charge is 2.02. The minimum absolute atomic E-state index is 0.320. The van der Waals surface area contributed by atoms with Crippen molar-refractivity contribution in [3.05, 3.63) is 58.8 Å². The molecule has 16 heavy (non-hydrogen) atoms. The molecule has 0 aliphatic heterocycles. The second kappa shape index (κ2) is 5.14. The van der Waals surface area contributed by atoms with Gasteiger partial charge in [-0.15, -0.1) is 0 Å². The van der Waals surface area contributed by atoms with Crippen LogP contribution in [0.25, 0.3) is 0 Å². The Kier molecular flexibility index (Phi) is 3.59. The smallest absolute Gasteiger partial charge is 0.124 e. The van der Waals surface area contributed by atoms with Gasteiger partial charge in [-0.25, -0.2) is 4.39 Å². The zero-order valence-corrected chi connectivity index (χ0v) is 9.30. The van der Waals surface area contributed by atoms with Gasteiger partial charge in [0.15, 0.2) is 0 Å². The Balaban J connectivity index is 1.90. The molecule has 0 saturated heterocycles. The Hall–Kier alpha value is -1.32. The molecule has 0 aliphatic carbocycles. The maximum absolute atomic E-state index is 12.8. The summed E-state index contributed by atoms with van der Waals surface area (Å²) in [4.78, 5) is 0. The van der Waals surface area contributed by atoms with E-state index in [0.29, 0.717) is 18.1 Å². The summed E-state index contributed by atoms with van der Waals surface area (Å²) in [6.07, 6.45) is 1.63. The number of hydrogen-bond acceptors (Lipinski definition) is 2. The highest BCUT2D eigenvalue weighted by atomic mass is 35.5. The molecule has 1 aromatic heterocycles. The first-order valence-electron chi connectivity index (χ1n) is 4.93. The fourth-order valence-corrected chi connectivity index (χ4v) is 1.63. The third kappa shape index (κ3) is 2.84. The summed E-state index contributed by atoms with van der Waals surface area (Å²) in [6.45, 7) is 1.21. The Morgan fingerprint density at radius 2 is 2.12 bits per heavy atom. The fourth-order valence-electron chi connectivity index (χ4n) is 1.40. The molecule has 0 saturated carbocycles. The molecule has 4 heteroatoms. The Morgan fingerprint density at radius 1 is 1.25 bits per heavy atom. The predicted molar refractivity (Wildman–Crippen MR) is 60.7 cm³/mol. The van der Waals surface area contributed by atoms with Crippen molar-refractivity contribution in [1.29, 1.82) is 0 Å². The van der Waals surface area contributed by atoms with Crippen LogP contribution in [-0.2, 0) is 13.1 Å². The normalized spacial score (nSPS) is 10.6. The third-order valence-corrected chi connectivity index (χ3v) is 2.56. The Bertz CT molecular complexity index is 456. The first-order chi connectivity index (χ1) is 7.75. The number of furan rings is 1. The average Bonchev–Trinajstić information content (AvgIpc) is 2.74. The summed E-state index contributed by atoms with van der Waals surface area (Å²) >= 11 is 5.89. The molecule has 2 aromatic rings. The van der Waals surface area contributed by atoms with E-state index in [1.54, 1.807) is 12.3 Å². The van der Waals surface area contributed by atoms with Crippen molar-refractivity contribution in [3.8, 4) is 0 Å². The van der Waals surface area contributed by atoms with E-state index in [0.717, 1.165) is 11.3 Å². The fraction of sp³-hybridized carbons (Fsp3) is 0.167. The molecular formula is C12H11ClFNO. The summed E-state index contributed by atoms with van der Waals surface area (Å²) in [5.41, 5.74) is 0.870. The summed E-state index contributed by atoms with van der Waals surface area (Å²) in [5, 5.41) is 3.60. The van der Waals surface area contributed by atoms with E-state index < -0.39 is 0 Å². The van der Waals surface area contributed by atoms with Crippen molar-refractivity contribution in [2.24, 2.45) is 0 Å². The summed E-state index contributed by atoms with van der Waals surface area (Å²) in [7, 11) is 0. The molecular weight excluding hydrogens is 229 g/mol. The van der Waals surface area contributed by atoms with Gasteiger partial charge >= 0.3 is 0 Å². The molecule has 1 aromatic carbocycles. The van der Waals surface area contributed by atoms with Crippen molar-refractivity contribution < 1.29 is 8.81 Å². The lowest BCUT2D eigenvalue weighted by Gasteiger charge is -2.05. The number of rotatable bonds is 4. The van der Waals surface area contributed by atoms with Crippen LogP contribution in [-0.4, -0.2) is 0 Å². The Morgan fingerprint density at radius 3 is 2.81 bits per heavy atom. The van der Waals surface area contributed by atoms with Gasteiger partial charge in [0.1, 0.15) is 11.6 Å². The van der Waals surface area contributed by atoms with Crippen LogP contribution in [0.15, 0.2) is 41.0 Å². The standard InChI is InChI=1S/C12H11ClFNO/c13-12-6-10(14)4-3-9(12)7-15-8-11-2-1-5-16-11/h1-6,15H,7-8H2. The van der Waals surface area contributed by atoms with Crippen molar-refractivity contribution >= 4 is 11.6 Å². The van der Waals surface area contributed by atoms with E-state index >= 15 is 0 Å². The quantitative estimate of drug-likeness (QED) is 0.885. The highest BCUT2D eigenvalue weighted by Crippen LogP contribution is 2.17. The van der Waals surface area contributed by atoms with Gasteiger partial charge in [0, 0.05) is 11.6 Å². The monoisotopic (exact) mass is 239 g/mol. The van der Waals surface area contributed by atoms with Crippen molar-refractivity contribution in [1.82, 2.24) is 5.32 Å². The molecule has 0 aliphatic rings. The van der Waals surface area contributed by atoms with E-state index in [-0.39, 0.29) is 5.82 Å². The number of benzene rings is 1. The number of halogens is 2. The Labute approximate surface area is 98.0 Å². The van der Waals surface area contributed by atoms with E-state index in [9.17, 15) is 4.39 Å². The first-order valence-corrected chi connectivity index (χ1v) is 5.30. The van der Waals surface area contributed by atoms with E-state index in [1.165, 1.54) is 12.1 Å². The lowest BCUT2D eigenvalue weighted by molar-refractivity contribution is 0.483. The van der Waals surface area contributed by atoms with Gasteiger partial charge in [-0.05, 0) is 29.8 Å². The van der Waals surface area contributed by atoms with Crippen molar-refractivity contribution in [2.75, 3.05) is 0 Å². The van der Waals surface area contributed by atoms with Gasteiger partial charge in [0.25, 0.3) is 0 Å². The lowest BCUT2D eigenvalue weighted by Crippen LogP contribution is -2.12. The molecule has 84 valence electrons. The van der Waals surface area contributed by atoms with E-state index in [1.807, 2.05) is 12.1 Å². The van der Waals surface area contributed by atoms with Crippen LogP contribution < -0.4 is 5.32 Å². The predicted octanol–water partition coefficient (Wildman–Crippen LogP) is 3.36. The van der Waals surface area contributed by atoms with Gasteiger partial charge in [0.2, 0.25) is 0 Å². The topological polar surface area (TPSA) is 25.2 Å². The number of hydrogen-bond donors (Lipinski definition) is 1. The maximum atomic E-state index is 12.8. The van der Waals surface area contributed by atoms with Crippen LogP contribution in [0.2, 0.25) is 5.02 Å². The van der Waals surface area contributed by atoms with Gasteiger partial charge in [-0.1, -0.05) is 17.7 Å². The van der Waals surface area contributed by atoms with Crippen LogP contribution in [0.4, 0.5) is 4.39 Å². The van der Waals surface area contributed by atoms with E-state index in [4.69, 9.17) is 16.0 Å². The minimum Gasteiger partial charge on any atom is -0.468 e. The zero-order valence-electron chi connectivity index (χ0n) is 8.54. The molecule has 2 rings (SSSR count). The molecule has 1 N–H and O–H groups in total. The van der Waals surface area contributed by atoms with Gasteiger partial charge in [-0.2, -0.15) is 0 Å². The van der Waals surface area contributed by atoms with Crippen LogP contribution in [0.5, 0.6) is 0 Å². The van der Waals surface area contributed by atoms with Crippen molar-refractivity contribution in [2.45, 2.75) is 13.1 Å². The largest absolute Gasteiger partial charge is 0.468 e. The van der Waals surface area contributed by atoms with Gasteiger partial charge in [0.05, 0.1) is 12.8 Å². The molecule has 2 nitrogen and oxygen atoms in total. The number of nitrogens with one attached hydrogen (secondary N) is 1. The van der Waals surface area contributed by atoms with Gasteiger partial charge in [-0.3, -0.25) is 0 Å². The summed E-state index contributed by atoms with van der Waals surface area (Å²) < 4.78 is 17.9. The molecule has 0 unspecified atom stereocenters. The van der Waals surface area contributed by atoms with Crippen LogP contribution >= 0.6 is 11.6 Å². The molecule has 0 spiro atoms. The second-order valence-corrected chi connectivity index (χ2v) is 3.83.